The average Bonchev–Trinajstić information content (AvgIpc) is 2.69. The number of rotatable bonds is 4. The Morgan fingerprint density at radius 2 is 2.19 bits per heavy atom. The molecule has 116 valence electrons. The third kappa shape index (κ3) is 3.44. The number of carbonyl (C=O) groups is 1. The molecule has 0 aliphatic carbocycles. The van der Waals surface area contributed by atoms with Crippen molar-refractivity contribution in [1.29, 1.82) is 0 Å². The molecular formula is C15H24N4O2. The molecule has 1 unspecified atom stereocenters. The summed E-state index contributed by atoms with van der Waals surface area (Å²) in [5.41, 5.74) is 1.73. The number of carboxylic acids is 1. The Labute approximate surface area is 125 Å². The van der Waals surface area contributed by atoms with Crippen LogP contribution in [0.25, 0.3) is 6.08 Å². The highest BCUT2D eigenvalue weighted by Gasteiger charge is 2.25. The van der Waals surface area contributed by atoms with Gasteiger partial charge in [-0.2, -0.15) is 5.10 Å². The highest BCUT2D eigenvalue weighted by molar-refractivity contribution is 5.87. The van der Waals surface area contributed by atoms with Gasteiger partial charge >= 0.3 is 5.97 Å². The van der Waals surface area contributed by atoms with E-state index in [1.807, 2.05) is 18.7 Å². The Bertz CT molecular complexity index is 550. The van der Waals surface area contributed by atoms with Crippen molar-refractivity contribution in [3.05, 3.63) is 17.3 Å². The third-order valence-corrected chi connectivity index (χ3v) is 4.11. The van der Waals surface area contributed by atoms with Crippen molar-refractivity contribution in [2.45, 2.75) is 25.8 Å². The fourth-order valence-electron chi connectivity index (χ4n) is 3.06. The molecular weight excluding hydrogens is 268 g/mol. The highest BCUT2D eigenvalue weighted by Crippen LogP contribution is 2.27. The van der Waals surface area contributed by atoms with Crippen LogP contribution in [0, 0.1) is 6.92 Å². The first-order chi connectivity index (χ1) is 9.90. The monoisotopic (exact) mass is 292 g/mol. The van der Waals surface area contributed by atoms with Gasteiger partial charge in [0.05, 0.1) is 5.69 Å². The molecule has 0 aromatic carbocycles. The van der Waals surface area contributed by atoms with Gasteiger partial charge in [-0.15, -0.1) is 0 Å². The van der Waals surface area contributed by atoms with E-state index in [1.54, 1.807) is 6.08 Å². The molecule has 1 aromatic rings. The minimum absolute atomic E-state index is 0.426. The zero-order chi connectivity index (χ0) is 15.6. The Balaban J connectivity index is 2.31. The molecule has 1 aliphatic rings. The molecule has 1 atom stereocenters. The van der Waals surface area contributed by atoms with E-state index >= 15 is 0 Å². The molecule has 6 heteroatoms. The number of carboxylic acid groups (broad SMARTS) is 1. The zero-order valence-electron chi connectivity index (χ0n) is 13.2. The van der Waals surface area contributed by atoms with Crippen molar-refractivity contribution >= 4 is 17.9 Å². The molecule has 0 saturated carbocycles. The standard InChI is InChI=1S/C15H24N4O2/c1-11-13(7-8-14(20)21)15(19(4)16-11)18(3)12-6-5-9-17(2)10-12/h7-8,12H,5-6,9-10H2,1-4H3,(H,20,21). The highest BCUT2D eigenvalue weighted by atomic mass is 16.4. The summed E-state index contributed by atoms with van der Waals surface area (Å²) in [6, 6.07) is 0.426. The molecule has 21 heavy (non-hydrogen) atoms. The van der Waals surface area contributed by atoms with Crippen molar-refractivity contribution in [3.63, 3.8) is 0 Å². The van der Waals surface area contributed by atoms with Gasteiger partial charge in [0.25, 0.3) is 0 Å². The van der Waals surface area contributed by atoms with E-state index in [-0.39, 0.29) is 0 Å². The lowest BCUT2D eigenvalue weighted by molar-refractivity contribution is -0.131. The maximum Gasteiger partial charge on any atom is 0.328 e. The van der Waals surface area contributed by atoms with Crippen molar-refractivity contribution in [1.82, 2.24) is 14.7 Å². The van der Waals surface area contributed by atoms with E-state index in [9.17, 15) is 4.79 Å². The van der Waals surface area contributed by atoms with E-state index in [1.165, 1.54) is 12.5 Å². The summed E-state index contributed by atoms with van der Waals surface area (Å²) in [6.07, 6.45) is 5.15. The second-order valence-corrected chi connectivity index (χ2v) is 5.79. The van der Waals surface area contributed by atoms with E-state index in [0.29, 0.717) is 6.04 Å². The van der Waals surface area contributed by atoms with Gasteiger partial charge in [-0.3, -0.25) is 4.68 Å². The first-order valence-electron chi connectivity index (χ1n) is 7.26. The van der Waals surface area contributed by atoms with Crippen LogP contribution >= 0.6 is 0 Å². The lowest BCUT2D eigenvalue weighted by atomic mass is 10.0. The van der Waals surface area contributed by atoms with Crippen molar-refractivity contribution < 1.29 is 9.90 Å². The fraction of sp³-hybridized carbons (Fsp3) is 0.600. The Kier molecular flexibility index (Phi) is 4.67. The number of hydrogen-bond donors (Lipinski definition) is 1. The Hall–Kier alpha value is -1.82. The number of anilines is 1. The van der Waals surface area contributed by atoms with Crippen LogP contribution in [0.15, 0.2) is 6.08 Å². The van der Waals surface area contributed by atoms with E-state index in [4.69, 9.17) is 5.11 Å². The van der Waals surface area contributed by atoms with Crippen molar-refractivity contribution in [2.75, 3.05) is 32.1 Å². The Morgan fingerprint density at radius 1 is 1.48 bits per heavy atom. The number of aromatic nitrogens is 2. The van der Waals surface area contributed by atoms with Gasteiger partial charge in [-0.05, 0) is 39.4 Å². The van der Waals surface area contributed by atoms with Crippen LogP contribution in [0.4, 0.5) is 5.82 Å². The van der Waals surface area contributed by atoms with Gasteiger partial charge in [-0.25, -0.2) is 4.79 Å². The fourth-order valence-corrected chi connectivity index (χ4v) is 3.06. The molecule has 2 heterocycles. The normalized spacial score (nSPS) is 20.1. The van der Waals surface area contributed by atoms with Gasteiger partial charge in [-0.1, -0.05) is 0 Å². The minimum Gasteiger partial charge on any atom is -0.478 e. The number of aryl methyl sites for hydroxylation is 2. The van der Waals surface area contributed by atoms with Crippen LogP contribution in [0.1, 0.15) is 24.1 Å². The number of nitrogens with zero attached hydrogens (tertiary/aromatic N) is 4. The lowest BCUT2D eigenvalue weighted by Crippen LogP contribution is -2.45. The maximum atomic E-state index is 10.8. The topological polar surface area (TPSA) is 61.6 Å². The number of likely N-dealkylation sites (N-methyl/N-ethyl adjacent to an activating group) is 2. The van der Waals surface area contributed by atoms with E-state index < -0.39 is 5.97 Å². The maximum absolute atomic E-state index is 10.8. The van der Waals surface area contributed by atoms with E-state index in [0.717, 1.165) is 36.6 Å². The molecule has 1 saturated heterocycles. The summed E-state index contributed by atoms with van der Waals surface area (Å²) in [6.45, 7) is 4.06. The number of likely N-dealkylation sites (tertiary alicyclic amines) is 1. The van der Waals surface area contributed by atoms with Gasteiger partial charge in [0.15, 0.2) is 0 Å². The molecule has 0 spiro atoms. The predicted molar refractivity (Wildman–Crippen MR) is 83.5 cm³/mol. The Morgan fingerprint density at radius 3 is 2.81 bits per heavy atom. The molecule has 0 bridgehead atoms. The summed E-state index contributed by atoms with van der Waals surface area (Å²) in [5.74, 6) is 0.0366. The molecule has 6 nitrogen and oxygen atoms in total. The second-order valence-electron chi connectivity index (χ2n) is 5.79. The van der Waals surface area contributed by atoms with E-state index in [2.05, 4.69) is 29.0 Å². The summed E-state index contributed by atoms with van der Waals surface area (Å²) in [7, 11) is 6.11. The summed E-state index contributed by atoms with van der Waals surface area (Å²) >= 11 is 0. The lowest BCUT2D eigenvalue weighted by Gasteiger charge is -2.37. The minimum atomic E-state index is -0.941. The van der Waals surface area contributed by atoms with Crippen LogP contribution in [0.5, 0.6) is 0 Å². The van der Waals surface area contributed by atoms with Crippen LogP contribution in [-0.4, -0.2) is 59.0 Å². The molecule has 0 amide bonds. The molecule has 1 N–H and O–H groups in total. The number of hydrogen-bond acceptors (Lipinski definition) is 4. The summed E-state index contributed by atoms with van der Waals surface area (Å²) < 4.78 is 1.84. The van der Waals surface area contributed by atoms with Gasteiger partial charge in [0.1, 0.15) is 5.82 Å². The number of aliphatic carboxylic acids is 1. The second kappa shape index (κ2) is 6.30. The SMILES string of the molecule is Cc1nn(C)c(N(C)C2CCCN(C)C2)c1C=CC(=O)O. The summed E-state index contributed by atoms with van der Waals surface area (Å²) in [5, 5.41) is 13.3. The summed E-state index contributed by atoms with van der Waals surface area (Å²) in [4.78, 5) is 15.3. The molecule has 1 aromatic heterocycles. The van der Waals surface area contributed by atoms with Gasteiger partial charge in [0.2, 0.25) is 0 Å². The predicted octanol–water partition coefficient (Wildman–Crippen LogP) is 1.36. The van der Waals surface area contributed by atoms with Crippen LogP contribution in [0.3, 0.4) is 0 Å². The molecule has 1 fully saturated rings. The van der Waals surface area contributed by atoms with Crippen LogP contribution in [0.2, 0.25) is 0 Å². The molecule has 1 aliphatic heterocycles. The van der Waals surface area contributed by atoms with Crippen LogP contribution in [-0.2, 0) is 11.8 Å². The number of piperidine rings is 1. The largest absolute Gasteiger partial charge is 0.478 e. The zero-order valence-corrected chi connectivity index (χ0v) is 13.2. The first kappa shape index (κ1) is 15.6. The van der Waals surface area contributed by atoms with Crippen LogP contribution < -0.4 is 4.90 Å². The van der Waals surface area contributed by atoms with Gasteiger partial charge < -0.3 is 14.9 Å². The van der Waals surface area contributed by atoms with Crippen molar-refractivity contribution in [2.24, 2.45) is 7.05 Å². The smallest absolute Gasteiger partial charge is 0.328 e. The molecule has 2 rings (SSSR count). The van der Waals surface area contributed by atoms with Gasteiger partial charge in [0, 0.05) is 38.3 Å². The quantitative estimate of drug-likeness (QED) is 0.849. The van der Waals surface area contributed by atoms with Crippen molar-refractivity contribution in [3.8, 4) is 0 Å². The third-order valence-electron chi connectivity index (χ3n) is 4.11. The average molecular weight is 292 g/mol. The molecule has 0 radical (unpaired) electrons. The first-order valence-corrected chi connectivity index (χ1v) is 7.26.